The Morgan fingerprint density at radius 1 is 1.04 bits per heavy atom. The maximum Gasteiger partial charge on any atom is 0.254 e. The van der Waals surface area contributed by atoms with E-state index in [0.717, 1.165) is 64.1 Å². The maximum absolute atomic E-state index is 12.9. The Hall–Kier alpha value is -1.39. The van der Waals surface area contributed by atoms with Crippen LogP contribution < -0.4 is 0 Å². The van der Waals surface area contributed by atoms with E-state index in [1.165, 1.54) is 12.0 Å². The van der Waals surface area contributed by atoms with Gasteiger partial charge in [0.15, 0.2) is 0 Å². The van der Waals surface area contributed by atoms with E-state index in [0.29, 0.717) is 6.04 Å². The summed E-state index contributed by atoms with van der Waals surface area (Å²) in [4.78, 5) is 20.0. The lowest BCUT2D eigenvalue weighted by molar-refractivity contribution is 0.0570. The first-order valence-corrected chi connectivity index (χ1v) is 9.42. The predicted molar refractivity (Wildman–Crippen MR) is 98.4 cm³/mol. The van der Waals surface area contributed by atoms with Gasteiger partial charge in [0.1, 0.15) is 0 Å². The summed E-state index contributed by atoms with van der Waals surface area (Å²) < 4.78 is 0. The van der Waals surface area contributed by atoms with E-state index in [-0.39, 0.29) is 5.91 Å². The second-order valence-electron chi connectivity index (χ2n) is 7.45. The molecule has 3 rings (SSSR count). The molecule has 2 aliphatic heterocycles. The summed E-state index contributed by atoms with van der Waals surface area (Å²) in [6.07, 6.45) is 4.67. The van der Waals surface area contributed by atoms with Gasteiger partial charge in [0.05, 0.1) is 0 Å². The monoisotopic (exact) mass is 329 g/mol. The standard InChI is InChI=1S/C20H31N3O/c1-17-6-8-18(9-7-17)20(24)23-11-4-3-5-19(23)10-12-22-15-13-21(2)14-16-22/h6-9,19H,3-5,10-16H2,1-2H3/t19-/m1/s1. The van der Waals surface area contributed by atoms with E-state index in [4.69, 9.17) is 0 Å². The second-order valence-corrected chi connectivity index (χ2v) is 7.45. The molecule has 0 saturated carbocycles. The van der Waals surface area contributed by atoms with Gasteiger partial charge < -0.3 is 14.7 Å². The highest BCUT2D eigenvalue weighted by atomic mass is 16.2. The van der Waals surface area contributed by atoms with Crippen LogP contribution in [0.1, 0.15) is 41.6 Å². The first kappa shape index (κ1) is 17.4. The quantitative estimate of drug-likeness (QED) is 0.850. The number of likely N-dealkylation sites (tertiary alicyclic amines) is 1. The molecule has 4 heteroatoms. The van der Waals surface area contributed by atoms with Crippen LogP contribution in [0, 0.1) is 6.92 Å². The molecule has 1 aromatic rings. The van der Waals surface area contributed by atoms with Crippen LogP contribution in [0.3, 0.4) is 0 Å². The highest BCUT2D eigenvalue weighted by Crippen LogP contribution is 2.22. The summed E-state index contributed by atoms with van der Waals surface area (Å²) >= 11 is 0. The summed E-state index contributed by atoms with van der Waals surface area (Å²) in [6, 6.07) is 8.44. The number of aryl methyl sites for hydroxylation is 1. The van der Waals surface area contributed by atoms with Crippen LogP contribution in [0.2, 0.25) is 0 Å². The number of carbonyl (C=O) groups is 1. The second kappa shape index (κ2) is 8.13. The van der Waals surface area contributed by atoms with Gasteiger partial charge in [0.25, 0.3) is 5.91 Å². The van der Waals surface area contributed by atoms with E-state index in [1.807, 2.05) is 24.3 Å². The zero-order chi connectivity index (χ0) is 16.9. The Morgan fingerprint density at radius 3 is 2.46 bits per heavy atom. The number of piperidine rings is 1. The van der Waals surface area contributed by atoms with Gasteiger partial charge >= 0.3 is 0 Å². The molecule has 1 atom stereocenters. The van der Waals surface area contributed by atoms with Crippen molar-refractivity contribution in [1.82, 2.24) is 14.7 Å². The van der Waals surface area contributed by atoms with Gasteiger partial charge in [-0.1, -0.05) is 17.7 Å². The van der Waals surface area contributed by atoms with E-state index in [2.05, 4.69) is 28.7 Å². The van der Waals surface area contributed by atoms with Crippen molar-refractivity contribution in [2.75, 3.05) is 46.3 Å². The normalized spacial score (nSPS) is 23.4. The zero-order valence-electron chi connectivity index (χ0n) is 15.2. The van der Waals surface area contributed by atoms with Crippen LogP contribution >= 0.6 is 0 Å². The number of nitrogens with zero attached hydrogens (tertiary/aromatic N) is 3. The molecule has 0 aliphatic carbocycles. The van der Waals surface area contributed by atoms with Gasteiger partial charge in [0, 0.05) is 50.9 Å². The first-order chi connectivity index (χ1) is 11.6. The van der Waals surface area contributed by atoms with Gasteiger partial charge in [-0.3, -0.25) is 4.79 Å². The Bertz CT molecular complexity index is 534. The SMILES string of the molecule is Cc1ccc(C(=O)N2CCCC[C@@H]2CCN2CCN(C)CC2)cc1. The number of hydrogen-bond donors (Lipinski definition) is 0. The zero-order valence-corrected chi connectivity index (χ0v) is 15.2. The Labute approximate surface area is 146 Å². The third kappa shape index (κ3) is 4.37. The van der Waals surface area contributed by atoms with Crippen molar-refractivity contribution in [2.24, 2.45) is 0 Å². The number of benzene rings is 1. The molecule has 0 aromatic heterocycles. The molecule has 0 N–H and O–H groups in total. The predicted octanol–water partition coefficient (Wildman–Crippen LogP) is 2.63. The third-order valence-corrected chi connectivity index (χ3v) is 5.56. The lowest BCUT2D eigenvalue weighted by Crippen LogP contribution is -2.48. The fourth-order valence-corrected chi connectivity index (χ4v) is 3.83. The number of hydrogen-bond acceptors (Lipinski definition) is 3. The summed E-state index contributed by atoms with van der Waals surface area (Å²) in [5, 5.41) is 0. The van der Waals surface area contributed by atoms with Gasteiger partial charge in [-0.2, -0.15) is 0 Å². The number of amides is 1. The molecule has 2 saturated heterocycles. The molecule has 1 amide bonds. The summed E-state index contributed by atoms with van der Waals surface area (Å²) in [6.45, 7) is 8.75. The average Bonchev–Trinajstić information content (AvgIpc) is 2.61. The van der Waals surface area contributed by atoms with Gasteiger partial charge in [0.2, 0.25) is 0 Å². The first-order valence-electron chi connectivity index (χ1n) is 9.42. The lowest BCUT2D eigenvalue weighted by atomic mass is 9.97. The molecular formula is C20H31N3O. The number of likely N-dealkylation sites (N-methyl/N-ethyl adjacent to an activating group) is 1. The molecule has 1 aromatic carbocycles. The van der Waals surface area contributed by atoms with Gasteiger partial charge in [-0.05, 0) is 51.8 Å². The largest absolute Gasteiger partial charge is 0.336 e. The Kier molecular flexibility index (Phi) is 5.90. The Morgan fingerprint density at radius 2 is 1.75 bits per heavy atom. The summed E-state index contributed by atoms with van der Waals surface area (Å²) in [5.74, 6) is 0.220. The fraction of sp³-hybridized carbons (Fsp3) is 0.650. The molecule has 0 bridgehead atoms. The van der Waals surface area contributed by atoms with Crippen LogP contribution in [-0.4, -0.2) is 73.0 Å². The van der Waals surface area contributed by atoms with Crippen molar-refractivity contribution in [3.05, 3.63) is 35.4 Å². The number of piperazine rings is 1. The van der Waals surface area contributed by atoms with Crippen LogP contribution in [0.25, 0.3) is 0 Å². The van der Waals surface area contributed by atoms with E-state index in [1.54, 1.807) is 0 Å². The van der Waals surface area contributed by atoms with Gasteiger partial charge in [-0.15, -0.1) is 0 Å². The molecule has 0 spiro atoms. The summed E-state index contributed by atoms with van der Waals surface area (Å²) in [7, 11) is 2.19. The van der Waals surface area contributed by atoms with E-state index in [9.17, 15) is 4.79 Å². The minimum atomic E-state index is 0.220. The topological polar surface area (TPSA) is 26.8 Å². The van der Waals surface area contributed by atoms with Crippen molar-refractivity contribution in [2.45, 2.75) is 38.6 Å². The fourth-order valence-electron chi connectivity index (χ4n) is 3.83. The van der Waals surface area contributed by atoms with Crippen LogP contribution in [0.5, 0.6) is 0 Å². The lowest BCUT2D eigenvalue weighted by Gasteiger charge is -2.38. The van der Waals surface area contributed by atoms with Crippen molar-refractivity contribution >= 4 is 5.91 Å². The van der Waals surface area contributed by atoms with Gasteiger partial charge in [-0.25, -0.2) is 0 Å². The van der Waals surface area contributed by atoms with Crippen molar-refractivity contribution in [3.8, 4) is 0 Å². The third-order valence-electron chi connectivity index (χ3n) is 5.56. The van der Waals surface area contributed by atoms with Crippen molar-refractivity contribution in [1.29, 1.82) is 0 Å². The van der Waals surface area contributed by atoms with E-state index >= 15 is 0 Å². The molecule has 0 radical (unpaired) electrons. The smallest absolute Gasteiger partial charge is 0.254 e. The van der Waals surface area contributed by atoms with Crippen molar-refractivity contribution < 1.29 is 4.79 Å². The van der Waals surface area contributed by atoms with Crippen molar-refractivity contribution in [3.63, 3.8) is 0 Å². The molecule has 2 heterocycles. The maximum atomic E-state index is 12.9. The summed E-state index contributed by atoms with van der Waals surface area (Å²) in [5.41, 5.74) is 2.05. The molecular weight excluding hydrogens is 298 g/mol. The molecule has 4 nitrogen and oxygen atoms in total. The van der Waals surface area contributed by atoms with E-state index < -0.39 is 0 Å². The highest BCUT2D eigenvalue weighted by molar-refractivity contribution is 5.94. The minimum absolute atomic E-state index is 0.220. The van der Waals surface area contributed by atoms with Crippen LogP contribution in [0.15, 0.2) is 24.3 Å². The molecule has 24 heavy (non-hydrogen) atoms. The average molecular weight is 329 g/mol. The molecule has 0 unspecified atom stereocenters. The van der Waals surface area contributed by atoms with Crippen LogP contribution in [0.4, 0.5) is 0 Å². The highest BCUT2D eigenvalue weighted by Gasteiger charge is 2.28. The molecule has 2 aliphatic rings. The Balaban J connectivity index is 1.58. The number of rotatable bonds is 4. The minimum Gasteiger partial charge on any atom is -0.336 e. The number of carbonyl (C=O) groups excluding carboxylic acids is 1. The molecule has 132 valence electrons. The van der Waals surface area contributed by atoms with Crippen LogP contribution in [-0.2, 0) is 0 Å². The molecule has 2 fully saturated rings.